The van der Waals surface area contributed by atoms with Crippen LogP contribution in [-0.2, 0) is 18.9 Å². The van der Waals surface area contributed by atoms with Crippen LogP contribution in [0.1, 0.15) is 43.6 Å². The lowest BCUT2D eigenvalue weighted by atomic mass is 10.1. The summed E-state index contributed by atoms with van der Waals surface area (Å²) in [4.78, 5) is 0. The highest BCUT2D eigenvalue weighted by Crippen LogP contribution is 2.30. The Balaban J connectivity index is 1.74. The third-order valence-electron chi connectivity index (χ3n) is 4.92. The minimum atomic E-state index is -1.72. The zero-order chi connectivity index (χ0) is 21.0. The number of amidine groups is 1. The maximum atomic E-state index is 14.3. The van der Waals surface area contributed by atoms with Crippen LogP contribution in [0.2, 0.25) is 0 Å². The first-order valence-corrected chi connectivity index (χ1v) is 9.56. The summed E-state index contributed by atoms with van der Waals surface area (Å²) in [6.45, 7) is 2.21. The van der Waals surface area contributed by atoms with Gasteiger partial charge >= 0.3 is 0 Å². The van der Waals surface area contributed by atoms with Crippen molar-refractivity contribution in [1.82, 2.24) is 5.32 Å². The Bertz CT molecular complexity index is 724. The van der Waals surface area contributed by atoms with Crippen LogP contribution in [0.5, 0.6) is 0 Å². The second-order valence-corrected chi connectivity index (χ2v) is 6.97. The highest BCUT2D eigenvalue weighted by atomic mass is 19.2. The summed E-state index contributed by atoms with van der Waals surface area (Å²) in [6.07, 6.45) is 0.439. The lowest BCUT2D eigenvalue weighted by molar-refractivity contribution is -0.190. The minimum Gasteiger partial charge on any atom is -0.394 e. The van der Waals surface area contributed by atoms with Gasteiger partial charge in [-0.2, -0.15) is 0 Å². The van der Waals surface area contributed by atoms with Gasteiger partial charge in [0.15, 0.2) is 30.0 Å². The van der Waals surface area contributed by atoms with E-state index < -0.39 is 60.2 Å². The molecule has 2 aliphatic heterocycles. The Morgan fingerprint density at radius 3 is 2.52 bits per heavy atom. The van der Waals surface area contributed by atoms with E-state index in [1.807, 2.05) is 0 Å². The fraction of sp³-hybridized carbons (Fsp3) is 0.632. The summed E-state index contributed by atoms with van der Waals surface area (Å²) in [5.74, 6) is -5.18. The Hall–Kier alpha value is -1.72. The van der Waals surface area contributed by atoms with Crippen molar-refractivity contribution in [2.75, 3.05) is 26.4 Å². The average Bonchev–Trinajstić information content (AvgIpc) is 3.25. The van der Waals surface area contributed by atoms with Crippen molar-refractivity contribution in [2.45, 2.75) is 50.9 Å². The molecule has 3 atom stereocenters. The number of hydrogen-bond donors (Lipinski definition) is 3. The quantitative estimate of drug-likeness (QED) is 0.358. The maximum Gasteiger partial charge on any atom is 0.195 e. The third-order valence-corrected chi connectivity index (χ3v) is 4.92. The number of halogens is 3. The highest BCUT2D eigenvalue weighted by molar-refractivity contribution is 5.97. The van der Waals surface area contributed by atoms with E-state index in [0.29, 0.717) is 13.0 Å². The molecule has 0 amide bonds. The molecule has 2 fully saturated rings. The maximum absolute atomic E-state index is 14.3. The second-order valence-electron chi connectivity index (χ2n) is 6.97. The summed E-state index contributed by atoms with van der Waals surface area (Å²) < 4.78 is 64.1. The lowest BCUT2D eigenvalue weighted by Gasteiger charge is -2.30. The number of benzene rings is 1. The molecule has 29 heavy (non-hydrogen) atoms. The molecular weight excluding hydrogens is 393 g/mol. The van der Waals surface area contributed by atoms with Crippen LogP contribution in [0.15, 0.2) is 6.07 Å². The zero-order valence-electron chi connectivity index (χ0n) is 16.1. The van der Waals surface area contributed by atoms with Crippen LogP contribution in [0.4, 0.5) is 13.2 Å². The van der Waals surface area contributed by atoms with E-state index in [2.05, 4.69) is 5.32 Å². The van der Waals surface area contributed by atoms with Gasteiger partial charge in [-0.1, -0.05) is 0 Å². The van der Waals surface area contributed by atoms with Crippen LogP contribution in [-0.4, -0.2) is 55.8 Å². The molecule has 0 aromatic heterocycles. The fourth-order valence-electron chi connectivity index (χ4n) is 3.24. The Morgan fingerprint density at radius 2 is 1.90 bits per heavy atom. The topological polar surface area (TPSA) is 93.0 Å². The van der Waals surface area contributed by atoms with E-state index in [0.717, 1.165) is 18.9 Å². The minimum absolute atomic E-state index is 0.193. The number of hydrogen-bond acceptors (Lipinski definition) is 6. The van der Waals surface area contributed by atoms with Crippen molar-refractivity contribution < 1.29 is 37.2 Å². The van der Waals surface area contributed by atoms with Crippen LogP contribution >= 0.6 is 0 Å². The smallest absolute Gasteiger partial charge is 0.195 e. The molecule has 0 bridgehead atoms. The largest absolute Gasteiger partial charge is 0.394 e. The van der Waals surface area contributed by atoms with E-state index in [1.54, 1.807) is 6.92 Å². The average molecular weight is 418 g/mol. The molecule has 1 aromatic carbocycles. The van der Waals surface area contributed by atoms with E-state index in [-0.39, 0.29) is 18.8 Å². The summed E-state index contributed by atoms with van der Waals surface area (Å²) in [5, 5.41) is 20.4. The molecule has 10 heteroatoms. The van der Waals surface area contributed by atoms with Crippen molar-refractivity contribution >= 4 is 5.84 Å². The molecule has 1 unspecified atom stereocenters. The van der Waals surface area contributed by atoms with Gasteiger partial charge in [-0.05, 0) is 32.3 Å². The van der Waals surface area contributed by atoms with Crippen LogP contribution in [0.25, 0.3) is 0 Å². The van der Waals surface area contributed by atoms with Gasteiger partial charge in [-0.25, -0.2) is 13.2 Å². The second kappa shape index (κ2) is 9.86. The Labute approximate surface area is 166 Å². The van der Waals surface area contributed by atoms with Gasteiger partial charge in [0, 0.05) is 12.2 Å². The molecule has 162 valence electrons. The molecule has 0 radical (unpaired) electrons. The lowest BCUT2D eigenvalue weighted by Crippen LogP contribution is -2.47. The van der Waals surface area contributed by atoms with Gasteiger partial charge in [-0.3, -0.25) is 5.41 Å². The predicted molar refractivity (Wildman–Crippen MR) is 95.9 cm³/mol. The highest BCUT2D eigenvalue weighted by Gasteiger charge is 2.30. The third kappa shape index (κ3) is 5.07. The summed E-state index contributed by atoms with van der Waals surface area (Å²) >= 11 is 0. The summed E-state index contributed by atoms with van der Waals surface area (Å²) in [6, 6.07) is 0.187. The molecule has 2 saturated heterocycles. The fourth-order valence-corrected chi connectivity index (χ4v) is 3.24. The summed E-state index contributed by atoms with van der Waals surface area (Å²) in [5.41, 5.74) is -0.832. The van der Waals surface area contributed by atoms with Crippen molar-refractivity contribution in [3.8, 4) is 0 Å². The van der Waals surface area contributed by atoms with Crippen LogP contribution < -0.4 is 5.32 Å². The number of ether oxygens (including phenoxy) is 4. The van der Waals surface area contributed by atoms with Gasteiger partial charge < -0.3 is 29.4 Å². The number of aliphatic hydroxyl groups is 1. The van der Waals surface area contributed by atoms with Gasteiger partial charge in [-0.15, -0.1) is 0 Å². The standard InChI is InChI=1S/C19H25F3N2O5/c1-10(29-14-4-2-3-5-26-14)13(9-25)24-18(23)11-8-12(19-27-6-7-28-19)16(21)17(22)15(11)20/h8,10,13-14,19,25H,2-7,9H2,1H3,(H2,23,24)/t10-,13-,14?/m1/s1. The molecule has 1 aromatic rings. The van der Waals surface area contributed by atoms with E-state index in [1.165, 1.54) is 0 Å². The molecule has 3 rings (SSSR count). The zero-order valence-corrected chi connectivity index (χ0v) is 16.1. The number of rotatable bonds is 7. The van der Waals surface area contributed by atoms with E-state index in [4.69, 9.17) is 24.4 Å². The van der Waals surface area contributed by atoms with Crippen molar-refractivity contribution in [3.63, 3.8) is 0 Å². The first-order valence-electron chi connectivity index (χ1n) is 9.56. The van der Waals surface area contributed by atoms with Crippen LogP contribution in [0, 0.1) is 22.9 Å². The number of nitrogens with one attached hydrogen (secondary N) is 2. The predicted octanol–water partition coefficient (Wildman–Crippen LogP) is 2.36. The first kappa shape index (κ1) is 22.0. The van der Waals surface area contributed by atoms with E-state index in [9.17, 15) is 18.3 Å². The van der Waals surface area contributed by atoms with Gasteiger partial charge in [0.25, 0.3) is 0 Å². The van der Waals surface area contributed by atoms with Crippen molar-refractivity contribution in [3.05, 3.63) is 34.6 Å². The normalized spacial score (nSPS) is 22.4. The van der Waals surface area contributed by atoms with Gasteiger partial charge in [0.1, 0.15) is 5.84 Å². The van der Waals surface area contributed by atoms with Crippen molar-refractivity contribution in [2.24, 2.45) is 0 Å². The molecule has 2 aliphatic rings. The SMILES string of the molecule is C[C@@H](OC1CCCCO1)[C@@H](CO)NC(=N)c1cc(C2OCCO2)c(F)c(F)c1F. The molecule has 2 heterocycles. The Kier molecular flexibility index (Phi) is 7.47. The molecular formula is C19H25F3N2O5. The molecule has 3 N–H and O–H groups in total. The van der Waals surface area contributed by atoms with Gasteiger partial charge in [0.2, 0.25) is 0 Å². The van der Waals surface area contributed by atoms with Gasteiger partial charge in [0.05, 0.1) is 37.5 Å². The monoisotopic (exact) mass is 418 g/mol. The first-order chi connectivity index (χ1) is 13.9. The Morgan fingerprint density at radius 1 is 1.17 bits per heavy atom. The number of aliphatic hydroxyl groups excluding tert-OH is 1. The molecule has 0 aliphatic carbocycles. The molecule has 7 nitrogen and oxygen atoms in total. The molecule has 0 spiro atoms. The van der Waals surface area contributed by atoms with Crippen molar-refractivity contribution in [1.29, 1.82) is 5.41 Å². The summed E-state index contributed by atoms with van der Waals surface area (Å²) in [7, 11) is 0. The van der Waals surface area contributed by atoms with E-state index >= 15 is 0 Å². The van der Waals surface area contributed by atoms with Crippen LogP contribution in [0.3, 0.4) is 0 Å². The molecule has 0 saturated carbocycles.